The lowest BCUT2D eigenvalue weighted by Crippen LogP contribution is -2.14. The molecule has 4 nitrogen and oxygen atoms in total. The molecule has 0 unspecified atom stereocenters. The molecular formula is C16H20ClN3O. The van der Waals surface area contributed by atoms with Crippen LogP contribution in [0.3, 0.4) is 0 Å². The van der Waals surface area contributed by atoms with Gasteiger partial charge in [-0.1, -0.05) is 48.2 Å². The van der Waals surface area contributed by atoms with Crippen LogP contribution in [0.25, 0.3) is 0 Å². The third kappa shape index (κ3) is 3.27. The molecule has 0 spiro atoms. The summed E-state index contributed by atoms with van der Waals surface area (Å²) in [7, 11) is 0. The highest BCUT2D eigenvalue weighted by Crippen LogP contribution is 2.34. The minimum absolute atomic E-state index is 0.0403. The second-order valence-corrected chi connectivity index (χ2v) is 6.14. The Morgan fingerprint density at radius 3 is 2.76 bits per heavy atom. The Bertz CT molecular complexity index is 605. The van der Waals surface area contributed by atoms with Gasteiger partial charge in [0.2, 0.25) is 0 Å². The van der Waals surface area contributed by atoms with Crippen molar-refractivity contribution in [3.63, 3.8) is 0 Å². The second-order valence-electron chi connectivity index (χ2n) is 5.70. The molecule has 0 atom stereocenters. The molecule has 21 heavy (non-hydrogen) atoms. The van der Waals surface area contributed by atoms with E-state index in [4.69, 9.17) is 11.6 Å². The number of hydrogen-bond donors (Lipinski definition) is 1. The predicted octanol–water partition coefficient (Wildman–Crippen LogP) is 3.52. The Morgan fingerprint density at radius 1 is 1.24 bits per heavy atom. The number of benzene rings is 1. The van der Waals surface area contributed by atoms with Gasteiger partial charge in [0.25, 0.3) is 0 Å². The van der Waals surface area contributed by atoms with Crippen LogP contribution in [0.2, 0.25) is 5.02 Å². The first-order valence-electron chi connectivity index (χ1n) is 7.55. The molecule has 1 saturated carbocycles. The van der Waals surface area contributed by atoms with E-state index < -0.39 is 0 Å². The summed E-state index contributed by atoms with van der Waals surface area (Å²) < 4.78 is 1.94. The lowest BCUT2D eigenvalue weighted by atomic mass is 9.86. The molecule has 0 saturated heterocycles. The molecule has 3 rings (SSSR count). The van der Waals surface area contributed by atoms with Gasteiger partial charge in [0.05, 0.1) is 18.8 Å². The van der Waals surface area contributed by atoms with Gasteiger partial charge in [-0.15, -0.1) is 5.10 Å². The maximum absolute atomic E-state index is 9.54. The van der Waals surface area contributed by atoms with Crippen molar-refractivity contribution in [2.45, 2.75) is 51.2 Å². The van der Waals surface area contributed by atoms with E-state index in [0.29, 0.717) is 12.5 Å². The van der Waals surface area contributed by atoms with Crippen molar-refractivity contribution in [1.82, 2.24) is 15.0 Å². The Morgan fingerprint density at radius 2 is 2.05 bits per heavy atom. The van der Waals surface area contributed by atoms with Crippen LogP contribution in [0.15, 0.2) is 24.3 Å². The zero-order chi connectivity index (χ0) is 14.7. The number of nitrogens with zero attached hydrogens (tertiary/aromatic N) is 3. The third-order valence-electron chi connectivity index (χ3n) is 4.21. The van der Waals surface area contributed by atoms with Crippen LogP contribution in [0.4, 0.5) is 0 Å². The number of rotatable bonds is 4. The van der Waals surface area contributed by atoms with Gasteiger partial charge in [-0.05, 0) is 30.5 Å². The highest BCUT2D eigenvalue weighted by atomic mass is 35.5. The molecule has 1 aromatic carbocycles. The first-order valence-corrected chi connectivity index (χ1v) is 7.93. The monoisotopic (exact) mass is 305 g/mol. The Kier molecular flexibility index (Phi) is 4.56. The SMILES string of the molecule is OCc1nnn(Cc2cccc(Cl)c2)c1C1CCCCC1. The number of halogens is 1. The summed E-state index contributed by atoms with van der Waals surface area (Å²) in [6, 6.07) is 7.80. The maximum atomic E-state index is 9.54. The largest absolute Gasteiger partial charge is 0.390 e. The Hall–Kier alpha value is -1.39. The molecular weight excluding hydrogens is 286 g/mol. The molecule has 1 N–H and O–H groups in total. The molecule has 0 bridgehead atoms. The quantitative estimate of drug-likeness (QED) is 0.940. The van der Waals surface area contributed by atoms with E-state index in [2.05, 4.69) is 10.3 Å². The third-order valence-corrected chi connectivity index (χ3v) is 4.45. The lowest BCUT2D eigenvalue weighted by Gasteiger charge is -2.23. The van der Waals surface area contributed by atoms with Gasteiger partial charge in [0.15, 0.2) is 0 Å². The summed E-state index contributed by atoms with van der Waals surface area (Å²) in [5, 5.41) is 18.7. The molecule has 1 aliphatic rings. The molecule has 5 heteroatoms. The van der Waals surface area contributed by atoms with E-state index in [0.717, 1.165) is 34.8 Å². The predicted molar refractivity (Wildman–Crippen MR) is 82.3 cm³/mol. The summed E-state index contributed by atoms with van der Waals surface area (Å²) in [5.74, 6) is 0.468. The second kappa shape index (κ2) is 6.58. The first kappa shape index (κ1) is 14.5. The average molecular weight is 306 g/mol. The Labute approximate surface area is 129 Å². The molecule has 0 aliphatic heterocycles. The maximum Gasteiger partial charge on any atom is 0.112 e. The highest BCUT2D eigenvalue weighted by Gasteiger charge is 2.24. The van der Waals surface area contributed by atoms with Crippen LogP contribution in [-0.2, 0) is 13.2 Å². The van der Waals surface area contributed by atoms with Crippen molar-refractivity contribution in [2.24, 2.45) is 0 Å². The number of aliphatic hydroxyl groups excluding tert-OH is 1. The van der Waals surface area contributed by atoms with Crippen LogP contribution in [0.5, 0.6) is 0 Å². The lowest BCUT2D eigenvalue weighted by molar-refractivity contribution is 0.273. The Balaban J connectivity index is 1.89. The van der Waals surface area contributed by atoms with Gasteiger partial charge in [0, 0.05) is 10.9 Å². The van der Waals surface area contributed by atoms with Crippen LogP contribution >= 0.6 is 11.6 Å². The zero-order valence-electron chi connectivity index (χ0n) is 12.0. The van der Waals surface area contributed by atoms with Crippen LogP contribution < -0.4 is 0 Å². The van der Waals surface area contributed by atoms with Gasteiger partial charge >= 0.3 is 0 Å². The van der Waals surface area contributed by atoms with Crippen molar-refractivity contribution < 1.29 is 5.11 Å². The first-order chi connectivity index (χ1) is 10.3. The summed E-state index contributed by atoms with van der Waals surface area (Å²) in [4.78, 5) is 0. The molecule has 0 radical (unpaired) electrons. The standard InChI is InChI=1S/C16H20ClN3O/c17-14-8-4-5-12(9-14)10-20-16(15(11-21)18-19-20)13-6-2-1-3-7-13/h4-5,8-9,13,21H,1-3,6-7,10-11H2. The van der Waals surface area contributed by atoms with Crippen LogP contribution in [0, 0.1) is 0 Å². The topological polar surface area (TPSA) is 50.9 Å². The van der Waals surface area contributed by atoms with Crippen molar-refractivity contribution in [3.8, 4) is 0 Å². The van der Waals surface area contributed by atoms with Gasteiger partial charge in [-0.2, -0.15) is 0 Å². The van der Waals surface area contributed by atoms with Crippen LogP contribution in [-0.4, -0.2) is 20.1 Å². The van der Waals surface area contributed by atoms with Gasteiger partial charge in [-0.25, -0.2) is 4.68 Å². The van der Waals surface area contributed by atoms with E-state index in [1.807, 2.05) is 28.9 Å². The normalized spacial score (nSPS) is 16.3. The van der Waals surface area contributed by atoms with E-state index >= 15 is 0 Å². The minimum atomic E-state index is -0.0403. The number of hydrogen-bond acceptors (Lipinski definition) is 3. The molecule has 112 valence electrons. The molecule has 1 fully saturated rings. The fraction of sp³-hybridized carbons (Fsp3) is 0.500. The van der Waals surface area contributed by atoms with Crippen LogP contribution in [0.1, 0.15) is 55.0 Å². The average Bonchev–Trinajstić information content (AvgIpc) is 2.91. The van der Waals surface area contributed by atoms with E-state index in [1.165, 1.54) is 19.3 Å². The highest BCUT2D eigenvalue weighted by molar-refractivity contribution is 6.30. The molecule has 1 aromatic heterocycles. The number of aromatic nitrogens is 3. The van der Waals surface area contributed by atoms with E-state index in [-0.39, 0.29) is 6.61 Å². The summed E-state index contributed by atoms with van der Waals surface area (Å²) in [6.45, 7) is 0.612. The summed E-state index contributed by atoms with van der Waals surface area (Å²) >= 11 is 6.05. The molecule has 0 amide bonds. The zero-order valence-corrected chi connectivity index (χ0v) is 12.8. The van der Waals surface area contributed by atoms with Crippen molar-refractivity contribution >= 4 is 11.6 Å². The van der Waals surface area contributed by atoms with Crippen molar-refractivity contribution in [3.05, 3.63) is 46.2 Å². The van der Waals surface area contributed by atoms with Gasteiger partial charge in [-0.3, -0.25) is 0 Å². The number of aliphatic hydroxyl groups is 1. The minimum Gasteiger partial charge on any atom is -0.390 e. The van der Waals surface area contributed by atoms with E-state index in [9.17, 15) is 5.11 Å². The summed E-state index contributed by atoms with van der Waals surface area (Å²) in [6.07, 6.45) is 6.13. The smallest absolute Gasteiger partial charge is 0.112 e. The van der Waals surface area contributed by atoms with Crippen molar-refractivity contribution in [1.29, 1.82) is 0 Å². The summed E-state index contributed by atoms with van der Waals surface area (Å²) in [5.41, 5.74) is 2.94. The fourth-order valence-electron chi connectivity index (χ4n) is 3.22. The molecule has 1 heterocycles. The fourth-order valence-corrected chi connectivity index (χ4v) is 3.43. The molecule has 2 aromatic rings. The van der Waals surface area contributed by atoms with Crippen molar-refractivity contribution in [2.75, 3.05) is 0 Å². The van der Waals surface area contributed by atoms with Gasteiger partial charge in [0.1, 0.15) is 5.69 Å². The molecule has 1 aliphatic carbocycles. The van der Waals surface area contributed by atoms with Gasteiger partial charge < -0.3 is 5.11 Å². The van der Waals surface area contributed by atoms with E-state index in [1.54, 1.807) is 0 Å².